The number of amides is 4. The molecule has 4 amide bonds. The summed E-state index contributed by atoms with van der Waals surface area (Å²) in [5.41, 5.74) is 0. The van der Waals surface area contributed by atoms with Gasteiger partial charge in [-0.15, -0.1) is 0 Å². The zero-order valence-corrected chi connectivity index (χ0v) is 71.6. The van der Waals surface area contributed by atoms with Crippen LogP contribution in [0.3, 0.4) is 0 Å². The molecule has 772 valence electrons. The summed E-state index contributed by atoms with van der Waals surface area (Å²) >= 11 is 0. The third-order valence-electron chi connectivity index (χ3n) is 24.2. The SMILES string of the molecule is CC(=O)N[C@H]1[C@H](O[C@@H]([C@H](O)[C@H](CO)NC(C)=O)[C@H](O)CO[C@@H]2O[C@@H](C)[C@@H](O)[C@@H](O)[C@@H]2O)O[C@H](CO)[C@@H](O[C@@H]2O[C@H](CO[C@H]3O[C@H](CO[C@H]4O[C@H](CO)[C@@H](O)[C@H](O)[C@@H]4O)[C@@H](O)[C@H](O[C@H]4O[C@H](CO)[C@@H](O)[C@H](O)[C@@H]4O)[C@@H]3O)[C@@H](O)[C@H](O[C@H]3O[C@H](CO)[C@@H](O[C@@H]4O[C@H](CO)[C@@H](O)[C@H](O)[C@H]4NC(C)=O)[C@H](O)[C@@H]3O[C@@H]3O[C@H](CO)[C@@H](O[C@@H]4O[C@H](CO)[C@H](O)[C@H](O)[C@H]4O)[C@H](O)[C@H]3NC(C)=O)[C@@H]2O)[C@@H]1O. The monoisotopic (exact) mass is 1950 g/mol. The van der Waals surface area contributed by atoms with Crippen LogP contribution >= 0.6 is 0 Å². The Morgan fingerprint density at radius 1 is 0.278 bits per heavy atom. The third-order valence-corrected chi connectivity index (χ3v) is 24.2. The first-order chi connectivity index (χ1) is 62.8. The lowest BCUT2D eigenvalue weighted by molar-refractivity contribution is -0.405. The highest BCUT2D eigenvalue weighted by atomic mass is 16.8. The summed E-state index contributed by atoms with van der Waals surface area (Å²) < 4.78 is 119. The van der Waals surface area contributed by atoms with Crippen LogP contribution in [0.25, 0.3) is 0 Å². The molecule has 0 unspecified atom stereocenters. The van der Waals surface area contributed by atoms with Crippen molar-refractivity contribution in [2.24, 2.45) is 0 Å². The van der Waals surface area contributed by atoms with Gasteiger partial charge in [-0.05, 0) is 6.92 Å². The van der Waals surface area contributed by atoms with E-state index in [1.807, 2.05) is 0 Å². The van der Waals surface area contributed by atoms with Crippen LogP contribution in [0, 0.1) is 0 Å². The van der Waals surface area contributed by atoms with E-state index in [2.05, 4.69) is 21.3 Å². The van der Waals surface area contributed by atoms with Gasteiger partial charge < -0.3 is 274 Å². The molecular formula is C74H126N4O55. The van der Waals surface area contributed by atoms with E-state index < -0.39 is 428 Å². The number of hydrogen-bond acceptors (Lipinski definition) is 55. The Labute approximate surface area is 753 Å². The largest absolute Gasteiger partial charge is 0.394 e. The molecule has 0 aromatic rings. The fourth-order valence-corrected chi connectivity index (χ4v) is 16.8. The van der Waals surface area contributed by atoms with E-state index in [4.69, 9.17) is 94.7 Å². The molecule has 59 nitrogen and oxygen atoms in total. The zero-order valence-electron chi connectivity index (χ0n) is 71.6. The average molecular weight is 1950 g/mol. The van der Waals surface area contributed by atoms with Gasteiger partial charge in [0.2, 0.25) is 23.6 Å². The predicted molar refractivity (Wildman–Crippen MR) is 410 cm³/mol. The average Bonchev–Trinajstić information content (AvgIpc) is 0.742. The van der Waals surface area contributed by atoms with Crippen molar-refractivity contribution in [3.8, 4) is 0 Å². The van der Waals surface area contributed by atoms with Crippen LogP contribution < -0.4 is 21.3 Å². The molecule has 10 heterocycles. The summed E-state index contributed by atoms with van der Waals surface area (Å²) in [5.74, 6) is -3.96. The molecule has 0 aromatic carbocycles. The minimum atomic E-state index is -2.77. The topological polar surface area (TPSA) is 928 Å². The Morgan fingerprint density at radius 3 is 1.01 bits per heavy atom. The molecule has 0 saturated carbocycles. The molecule has 0 aliphatic carbocycles. The molecule has 0 radical (unpaired) electrons. The first kappa shape index (κ1) is 111. The van der Waals surface area contributed by atoms with Crippen LogP contribution in [0.2, 0.25) is 0 Å². The second-order valence-electron chi connectivity index (χ2n) is 33.6. The van der Waals surface area contributed by atoms with Gasteiger partial charge >= 0.3 is 0 Å². The Kier molecular flexibility index (Phi) is 40.8. The van der Waals surface area contributed by atoms with Crippen molar-refractivity contribution >= 4 is 23.6 Å². The predicted octanol–water partition coefficient (Wildman–Crippen LogP) is -23.7. The normalized spacial score (nSPS) is 47.6. The van der Waals surface area contributed by atoms with Crippen molar-refractivity contribution in [3.05, 3.63) is 0 Å². The van der Waals surface area contributed by atoms with Crippen LogP contribution in [-0.4, -0.2) is 586 Å². The number of carbonyl (C=O) groups excluding carboxylic acids is 4. The summed E-state index contributed by atoms with van der Waals surface area (Å²) in [6, 6.07) is -7.95. The maximum absolute atomic E-state index is 13.4. The molecule has 0 aromatic heterocycles. The number of aliphatic hydroxyl groups excluding tert-OH is 31. The summed E-state index contributed by atoms with van der Waals surface area (Å²) in [6.07, 6.45) is -109. The van der Waals surface area contributed by atoms with Crippen LogP contribution in [0.4, 0.5) is 0 Å². The maximum atomic E-state index is 13.4. The van der Waals surface area contributed by atoms with E-state index in [0.29, 0.717) is 0 Å². The molecule has 10 saturated heterocycles. The molecule has 35 N–H and O–H groups in total. The minimum absolute atomic E-state index is 0.861. The second kappa shape index (κ2) is 49.0. The van der Waals surface area contributed by atoms with Gasteiger partial charge in [0.1, 0.15) is 256 Å². The number of rotatable bonds is 38. The summed E-state index contributed by atoms with van der Waals surface area (Å²) in [5, 5.41) is 357. The first-order valence-corrected chi connectivity index (χ1v) is 42.4. The fourth-order valence-electron chi connectivity index (χ4n) is 16.8. The smallest absolute Gasteiger partial charge is 0.217 e. The first-order valence-electron chi connectivity index (χ1n) is 42.4. The van der Waals surface area contributed by atoms with Crippen LogP contribution in [0.15, 0.2) is 0 Å². The quantitative estimate of drug-likeness (QED) is 0.0273. The lowest BCUT2D eigenvalue weighted by Crippen LogP contribution is -2.71. The maximum Gasteiger partial charge on any atom is 0.217 e. The molecule has 10 rings (SSSR count). The molecule has 133 heavy (non-hydrogen) atoms. The number of carbonyl (C=O) groups is 4. The summed E-state index contributed by atoms with van der Waals surface area (Å²) in [6.45, 7) is -7.92. The molecule has 59 heteroatoms. The van der Waals surface area contributed by atoms with E-state index in [1.165, 1.54) is 6.92 Å². The Balaban J connectivity index is 1.05. The zero-order chi connectivity index (χ0) is 98.2. The second-order valence-corrected chi connectivity index (χ2v) is 33.6. The molecule has 10 fully saturated rings. The van der Waals surface area contributed by atoms with E-state index in [-0.39, 0.29) is 0 Å². The van der Waals surface area contributed by atoms with E-state index in [0.717, 1.165) is 27.7 Å². The van der Waals surface area contributed by atoms with Crippen LogP contribution in [0.5, 0.6) is 0 Å². The highest BCUT2D eigenvalue weighted by molar-refractivity contribution is 5.74. The van der Waals surface area contributed by atoms with E-state index in [9.17, 15) is 177 Å². The number of ether oxygens (including phenoxy) is 20. The molecule has 10 aliphatic rings. The van der Waals surface area contributed by atoms with Gasteiger partial charge in [-0.3, -0.25) is 19.2 Å². The molecular weight excluding hydrogens is 1820 g/mol. The Hall–Kier alpha value is -4.16. The molecule has 10 aliphatic heterocycles. The van der Waals surface area contributed by atoms with Gasteiger partial charge in [-0.1, -0.05) is 0 Å². The van der Waals surface area contributed by atoms with Crippen molar-refractivity contribution in [2.45, 2.75) is 366 Å². The van der Waals surface area contributed by atoms with Gasteiger partial charge in [-0.25, -0.2) is 0 Å². The van der Waals surface area contributed by atoms with Crippen LogP contribution in [0.1, 0.15) is 34.6 Å². The Bertz CT molecular complexity index is 3570. The van der Waals surface area contributed by atoms with Gasteiger partial charge in [0.15, 0.2) is 62.9 Å². The van der Waals surface area contributed by atoms with Crippen LogP contribution in [-0.2, 0) is 114 Å². The lowest BCUT2D eigenvalue weighted by atomic mass is 9.93. The fraction of sp³-hybridized carbons (Fsp3) is 0.946. The Morgan fingerprint density at radius 2 is 0.579 bits per heavy atom. The molecule has 0 spiro atoms. The standard InChI is InChI=1S/C74H126N4O55/c1-17-36(92)47(103)51(107)68(117-17)114-14-23(91)58(37(93)22(6-79)75-18(2)87)127-66-34(77-20(4)89)45(101)60(29(12-85)122-66)130-73-57(113)63(43(99)32(126-73)16-116-70-56(112)62(131-72-54(110)50(106)41(97)27(10-83)121-72)42(98)31(125-70)15-115-69-52(108)48(104)39(95)25(8-81)119-69)132-74-64(55(111)61(30(13-86)124-74)128-65-33(76-19(3)88)44(100)38(94)24(7-80)118-65)133-67-35(78-21(5)90)46(102)59(28(11-84)123-67)129-71-53(109)49(105)40(96)26(9-82)120-71/h17,22-74,79-86,91-113H,6-16H2,1-5H3,(H,75,87)(H,76,88)(H,77,89)(H,78,90)/t17-,22-,23+,24+,25+,26+,27+,28+,29+,30+,31+,32+,33+,34+,35+,36+,37+,38+,39+,40-,41+,42+,43+,44+,45+,46+,47+,48-,49-,50-,51-,52-,53+,54-,55-,56-,57-,58+,59+,60+,61+,62-,63-,64-,65-,66-,67-,68+,69-,70-,71-,72+,73-,74+/m0/s1. The van der Waals surface area contributed by atoms with Gasteiger partial charge in [-0.2, -0.15) is 0 Å². The molecule has 54 atom stereocenters. The summed E-state index contributed by atoms with van der Waals surface area (Å²) in [4.78, 5) is 51.9. The van der Waals surface area contributed by atoms with Gasteiger partial charge in [0.25, 0.3) is 0 Å². The van der Waals surface area contributed by atoms with Crippen molar-refractivity contribution in [2.75, 3.05) is 72.7 Å². The highest BCUT2D eigenvalue weighted by Gasteiger charge is 2.62. The number of nitrogens with one attached hydrogen (secondary N) is 4. The third kappa shape index (κ3) is 25.3. The number of aliphatic hydroxyl groups is 31. The number of hydrogen-bond donors (Lipinski definition) is 35. The van der Waals surface area contributed by atoms with Crippen molar-refractivity contribution in [1.82, 2.24) is 21.3 Å². The van der Waals surface area contributed by atoms with Crippen molar-refractivity contribution < 1.29 is 272 Å². The molecule has 0 bridgehead atoms. The van der Waals surface area contributed by atoms with Gasteiger partial charge in [0.05, 0.1) is 84.8 Å². The summed E-state index contributed by atoms with van der Waals surface area (Å²) in [7, 11) is 0. The van der Waals surface area contributed by atoms with E-state index >= 15 is 0 Å². The lowest BCUT2D eigenvalue weighted by Gasteiger charge is -2.52. The minimum Gasteiger partial charge on any atom is -0.394 e. The van der Waals surface area contributed by atoms with Gasteiger partial charge in [0, 0.05) is 27.7 Å². The highest BCUT2D eigenvalue weighted by Crippen LogP contribution is 2.41. The van der Waals surface area contributed by atoms with Crippen molar-refractivity contribution in [1.29, 1.82) is 0 Å². The van der Waals surface area contributed by atoms with E-state index in [1.54, 1.807) is 0 Å². The van der Waals surface area contributed by atoms with Crippen molar-refractivity contribution in [3.63, 3.8) is 0 Å².